The van der Waals surface area contributed by atoms with Crippen LogP contribution in [0, 0.1) is 29.6 Å². The summed E-state index contributed by atoms with van der Waals surface area (Å²) in [6.07, 6.45) is 15.9. The maximum Gasteiger partial charge on any atom is 0.133 e. The van der Waals surface area contributed by atoms with Crippen molar-refractivity contribution in [1.29, 1.82) is 0 Å². The van der Waals surface area contributed by atoms with Gasteiger partial charge in [0.2, 0.25) is 0 Å². The second-order valence-electron chi connectivity index (χ2n) is 11.6. The number of rotatable bonds is 11. The molecule has 1 aliphatic heterocycles. The van der Waals surface area contributed by atoms with Gasteiger partial charge in [0, 0.05) is 46.8 Å². The summed E-state index contributed by atoms with van der Waals surface area (Å²) < 4.78 is 0. The van der Waals surface area contributed by atoms with E-state index in [4.69, 9.17) is 4.99 Å². The molecular weight excluding hydrogens is 440 g/mol. The Bertz CT molecular complexity index is 921. The normalized spacial score (nSPS) is 24.7. The summed E-state index contributed by atoms with van der Waals surface area (Å²) in [5.41, 5.74) is 5.38. The van der Waals surface area contributed by atoms with Gasteiger partial charge in [-0.05, 0) is 85.3 Å². The van der Waals surface area contributed by atoms with Crippen molar-refractivity contribution in [2.75, 3.05) is 7.05 Å². The Hall–Kier alpha value is -2.03. The third-order valence-corrected chi connectivity index (χ3v) is 7.99. The minimum atomic E-state index is 0. The number of carbonyl (C=O) groups is 1. The Balaban J connectivity index is 0.00000456. The molecule has 0 amide bonds. The Kier molecular flexibility index (Phi) is 12.8. The molecule has 3 heteroatoms. The first-order valence-corrected chi connectivity index (χ1v) is 14.2. The standard InChI is InChI=1S/C32H48N2O.CH4.2H2/c1-23(2)10-8-14-27-12-6-7-13-28(27)16-17-30(35)20-26-11-9-15-29(19-26)32-31(22-33-5)25(4)18-24(3)21-34-32;;;/h6-7,12-13,21-26,29H,8-11,14-20H2,1-5H3;1H4;2*1H/t24?,25?,26-,29?;;;/m1.../s1. The second kappa shape index (κ2) is 15.3. The molecule has 204 valence electrons. The molecule has 36 heavy (non-hydrogen) atoms. The average molecular weight is 497 g/mol. The van der Waals surface area contributed by atoms with Gasteiger partial charge in [-0.25, -0.2) is 0 Å². The molecule has 0 N–H and O–H groups in total. The van der Waals surface area contributed by atoms with Crippen LogP contribution in [-0.2, 0) is 17.6 Å². The van der Waals surface area contributed by atoms with Crippen molar-refractivity contribution in [3.63, 3.8) is 0 Å². The molecule has 3 nitrogen and oxygen atoms in total. The molecule has 0 saturated heterocycles. The van der Waals surface area contributed by atoms with Crippen LogP contribution in [0.5, 0.6) is 0 Å². The van der Waals surface area contributed by atoms with Gasteiger partial charge in [-0.3, -0.25) is 14.8 Å². The maximum atomic E-state index is 13.0. The summed E-state index contributed by atoms with van der Waals surface area (Å²) in [5, 5.41) is 0. The van der Waals surface area contributed by atoms with Crippen LogP contribution < -0.4 is 0 Å². The van der Waals surface area contributed by atoms with Crippen LogP contribution in [-0.4, -0.2) is 25.3 Å². The summed E-state index contributed by atoms with van der Waals surface area (Å²) >= 11 is 0. The smallest absolute Gasteiger partial charge is 0.133 e. The van der Waals surface area contributed by atoms with E-state index >= 15 is 0 Å². The van der Waals surface area contributed by atoms with E-state index in [0.717, 1.165) is 38.0 Å². The molecule has 3 unspecified atom stereocenters. The number of hydrogen-bond acceptors (Lipinski definition) is 3. The molecule has 1 aliphatic carbocycles. The minimum Gasteiger partial charge on any atom is -0.300 e. The first-order valence-electron chi connectivity index (χ1n) is 14.2. The molecule has 4 atom stereocenters. The Labute approximate surface area is 225 Å². The molecule has 1 fully saturated rings. The fraction of sp³-hybridized carbons (Fsp3) is 0.667. The van der Waals surface area contributed by atoms with Gasteiger partial charge in [-0.15, -0.1) is 0 Å². The van der Waals surface area contributed by atoms with Crippen molar-refractivity contribution >= 4 is 18.2 Å². The van der Waals surface area contributed by atoms with Crippen molar-refractivity contribution < 1.29 is 7.65 Å². The third kappa shape index (κ3) is 9.12. The Morgan fingerprint density at radius 2 is 1.86 bits per heavy atom. The van der Waals surface area contributed by atoms with E-state index in [1.54, 1.807) is 0 Å². The zero-order chi connectivity index (χ0) is 25.2. The van der Waals surface area contributed by atoms with Crippen LogP contribution in [0.1, 0.15) is 107 Å². The van der Waals surface area contributed by atoms with Crippen LogP contribution in [0.25, 0.3) is 0 Å². The first kappa shape index (κ1) is 30.2. The minimum absolute atomic E-state index is 0. The monoisotopic (exact) mass is 496 g/mol. The van der Waals surface area contributed by atoms with Crippen LogP contribution in [0.3, 0.4) is 0 Å². The molecule has 0 radical (unpaired) electrons. The van der Waals surface area contributed by atoms with Gasteiger partial charge in [-0.1, -0.05) is 72.2 Å². The highest BCUT2D eigenvalue weighted by atomic mass is 16.1. The number of hydrogen-bond donors (Lipinski definition) is 0. The van der Waals surface area contributed by atoms with Gasteiger partial charge in [0.25, 0.3) is 0 Å². The predicted octanol–water partition coefficient (Wildman–Crippen LogP) is 9.19. The first-order chi connectivity index (χ1) is 16.9. The van der Waals surface area contributed by atoms with E-state index in [2.05, 4.69) is 63.2 Å². The van der Waals surface area contributed by atoms with Crippen LogP contribution in [0.4, 0.5) is 0 Å². The van der Waals surface area contributed by atoms with E-state index in [1.807, 2.05) is 13.3 Å². The third-order valence-electron chi connectivity index (χ3n) is 7.99. The fourth-order valence-electron chi connectivity index (χ4n) is 6.12. The van der Waals surface area contributed by atoms with Crippen LogP contribution >= 0.6 is 0 Å². The van der Waals surface area contributed by atoms with Crippen LogP contribution in [0.15, 0.2) is 45.5 Å². The van der Waals surface area contributed by atoms with E-state index in [0.29, 0.717) is 35.9 Å². The number of allylic oxidation sites excluding steroid dienone is 2. The summed E-state index contributed by atoms with van der Waals surface area (Å²) in [5.74, 6) is 3.11. The Morgan fingerprint density at radius 3 is 2.56 bits per heavy atom. The highest BCUT2D eigenvalue weighted by Gasteiger charge is 2.30. The molecule has 0 bridgehead atoms. The number of benzene rings is 1. The lowest BCUT2D eigenvalue weighted by Gasteiger charge is -2.30. The van der Waals surface area contributed by atoms with E-state index in [-0.39, 0.29) is 10.3 Å². The van der Waals surface area contributed by atoms with E-state index in [9.17, 15) is 4.79 Å². The number of aryl methyl sites for hydroxylation is 2. The molecule has 0 spiro atoms. The van der Waals surface area contributed by atoms with Crippen LogP contribution in [0.2, 0.25) is 0 Å². The highest BCUT2D eigenvalue weighted by molar-refractivity contribution is 5.82. The van der Waals surface area contributed by atoms with E-state index < -0.39 is 0 Å². The number of ketones is 1. The predicted molar refractivity (Wildman–Crippen MR) is 161 cm³/mol. The lowest BCUT2D eigenvalue weighted by molar-refractivity contribution is -0.120. The molecule has 3 rings (SSSR count). The second-order valence-corrected chi connectivity index (χ2v) is 11.6. The largest absolute Gasteiger partial charge is 0.300 e. The lowest BCUT2D eigenvalue weighted by Crippen LogP contribution is -2.21. The fourth-order valence-corrected chi connectivity index (χ4v) is 6.12. The average Bonchev–Trinajstić information content (AvgIpc) is 2.96. The van der Waals surface area contributed by atoms with Gasteiger partial charge in [-0.2, -0.15) is 0 Å². The van der Waals surface area contributed by atoms with Gasteiger partial charge in [0.15, 0.2) is 0 Å². The highest BCUT2D eigenvalue weighted by Crippen LogP contribution is 2.39. The molecule has 1 aromatic carbocycles. The SMILES string of the molecule is C.CN=CC1=C(C2CCC[C@@H](CC(=O)CCc3ccccc3CCCC(C)C)C2)N=CC(C)CC1C.[HH].[HH]. The Morgan fingerprint density at radius 1 is 1.14 bits per heavy atom. The van der Waals surface area contributed by atoms with Crippen molar-refractivity contribution in [2.24, 2.45) is 39.6 Å². The molecule has 1 aromatic rings. The quantitative estimate of drug-likeness (QED) is 0.281. The van der Waals surface area contributed by atoms with Crippen molar-refractivity contribution in [3.05, 3.63) is 46.7 Å². The zero-order valence-electron chi connectivity index (χ0n) is 22.9. The lowest BCUT2D eigenvalue weighted by atomic mass is 9.76. The van der Waals surface area contributed by atoms with Gasteiger partial charge < -0.3 is 0 Å². The molecule has 2 aliphatic rings. The van der Waals surface area contributed by atoms with Crippen molar-refractivity contribution in [1.82, 2.24) is 0 Å². The molecular formula is C33H56N2O. The van der Waals surface area contributed by atoms with E-state index in [1.165, 1.54) is 54.5 Å². The van der Waals surface area contributed by atoms with Crippen molar-refractivity contribution in [2.45, 2.75) is 106 Å². The summed E-state index contributed by atoms with van der Waals surface area (Å²) in [6, 6.07) is 8.75. The van der Waals surface area contributed by atoms with Gasteiger partial charge in [0.05, 0.1) is 0 Å². The number of Topliss-reactive ketones (excluding diaryl/α,β-unsaturated/α-hetero) is 1. The molecule has 1 saturated carbocycles. The summed E-state index contributed by atoms with van der Waals surface area (Å²) in [6.45, 7) is 9.15. The van der Waals surface area contributed by atoms with Gasteiger partial charge in [0.1, 0.15) is 5.78 Å². The maximum absolute atomic E-state index is 13.0. The zero-order valence-corrected chi connectivity index (χ0v) is 22.9. The summed E-state index contributed by atoms with van der Waals surface area (Å²) in [7, 11) is 1.86. The number of aliphatic imine (C=N–C) groups is 2. The summed E-state index contributed by atoms with van der Waals surface area (Å²) in [4.78, 5) is 22.4. The molecule has 0 aromatic heterocycles. The topological polar surface area (TPSA) is 41.8 Å². The molecule has 1 heterocycles. The van der Waals surface area contributed by atoms with Gasteiger partial charge >= 0.3 is 0 Å². The van der Waals surface area contributed by atoms with Crippen molar-refractivity contribution in [3.8, 4) is 0 Å². The number of nitrogens with zero attached hydrogens (tertiary/aromatic N) is 2. The number of carbonyl (C=O) groups excluding carboxylic acids is 1.